The van der Waals surface area contributed by atoms with Gasteiger partial charge >= 0.3 is 5.97 Å². The van der Waals surface area contributed by atoms with Crippen molar-refractivity contribution in [3.05, 3.63) is 53.2 Å². The minimum absolute atomic E-state index is 0.227. The Hall–Kier alpha value is -1.52. The van der Waals surface area contributed by atoms with E-state index in [2.05, 4.69) is 4.98 Å². The number of hydrogen-bond donors (Lipinski definition) is 1. The molecule has 0 unspecified atom stereocenters. The molecule has 1 aromatic carbocycles. The Bertz CT molecular complexity index is 545. The Morgan fingerprint density at radius 3 is 2.76 bits per heavy atom. The largest absolute Gasteiger partial charge is 0.478 e. The predicted octanol–water partition coefficient (Wildman–Crippen LogP) is 3.58. The topological polar surface area (TPSA) is 50.2 Å². The maximum Gasteiger partial charge on any atom is 0.336 e. The summed E-state index contributed by atoms with van der Waals surface area (Å²) >= 11 is 7.14. The highest BCUT2D eigenvalue weighted by atomic mass is 35.5. The van der Waals surface area contributed by atoms with Gasteiger partial charge in [-0.2, -0.15) is 0 Å². The molecule has 0 saturated carbocycles. The van der Waals surface area contributed by atoms with Gasteiger partial charge in [0.2, 0.25) is 0 Å². The van der Waals surface area contributed by atoms with Crippen LogP contribution in [0.15, 0.2) is 52.5 Å². The maximum absolute atomic E-state index is 11.0. The molecule has 0 atom stereocenters. The summed E-state index contributed by atoms with van der Waals surface area (Å²) in [4.78, 5) is 15.8. The second-order valence-corrected chi connectivity index (χ2v) is 4.71. The summed E-state index contributed by atoms with van der Waals surface area (Å²) in [6.45, 7) is 0. The van der Waals surface area contributed by atoms with E-state index in [9.17, 15) is 4.79 Å². The van der Waals surface area contributed by atoms with E-state index in [-0.39, 0.29) is 5.56 Å². The number of carbonyl (C=O) groups is 1. The number of nitrogens with zero attached hydrogens (tertiary/aromatic N) is 1. The minimum atomic E-state index is -0.972. The van der Waals surface area contributed by atoms with E-state index in [1.54, 1.807) is 24.4 Å². The zero-order valence-electron chi connectivity index (χ0n) is 8.63. The van der Waals surface area contributed by atoms with E-state index in [0.717, 1.165) is 5.03 Å². The van der Waals surface area contributed by atoms with Gasteiger partial charge in [-0.15, -0.1) is 0 Å². The standard InChI is InChI=1S/C12H8ClNO2S/c13-8-4-5-9(12(15)16)10(7-8)17-11-3-1-2-6-14-11/h1-7H,(H,15,16). The number of benzene rings is 1. The molecule has 2 aromatic rings. The van der Waals surface area contributed by atoms with Crippen LogP contribution in [0, 0.1) is 0 Å². The quantitative estimate of drug-likeness (QED) is 0.921. The molecular formula is C12H8ClNO2S. The summed E-state index contributed by atoms with van der Waals surface area (Å²) in [7, 11) is 0. The fourth-order valence-electron chi connectivity index (χ4n) is 1.28. The molecule has 0 saturated heterocycles. The highest BCUT2D eigenvalue weighted by molar-refractivity contribution is 7.99. The first-order valence-electron chi connectivity index (χ1n) is 4.78. The monoisotopic (exact) mass is 265 g/mol. The average Bonchev–Trinajstić information content (AvgIpc) is 2.30. The van der Waals surface area contributed by atoms with Crippen LogP contribution < -0.4 is 0 Å². The van der Waals surface area contributed by atoms with Crippen molar-refractivity contribution in [2.24, 2.45) is 0 Å². The van der Waals surface area contributed by atoms with Crippen LogP contribution in [0.25, 0.3) is 0 Å². The molecule has 17 heavy (non-hydrogen) atoms. The van der Waals surface area contributed by atoms with Gasteiger partial charge in [0.1, 0.15) is 5.03 Å². The highest BCUT2D eigenvalue weighted by Gasteiger charge is 2.11. The molecule has 0 aliphatic heterocycles. The van der Waals surface area contributed by atoms with Crippen molar-refractivity contribution in [1.29, 1.82) is 0 Å². The van der Waals surface area contributed by atoms with Crippen molar-refractivity contribution in [2.45, 2.75) is 9.92 Å². The Kier molecular flexibility index (Phi) is 3.66. The fraction of sp³-hybridized carbons (Fsp3) is 0. The van der Waals surface area contributed by atoms with E-state index in [4.69, 9.17) is 16.7 Å². The number of halogens is 1. The third-order valence-corrected chi connectivity index (χ3v) is 3.27. The van der Waals surface area contributed by atoms with Crippen molar-refractivity contribution >= 4 is 29.3 Å². The first-order valence-corrected chi connectivity index (χ1v) is 5.98. The number of carboxylic acids is 1. The fourth-order valence-corrected chi connectivity index (χ4v) is 2.45. The summed E-state index contributed by atoms with van der Waals surface area (Å²) in [5.74, 6) is -0.972. The molecule has 0 aliphatic carbocycles. The number of aromatic carboxylic acids is 1. The second kappa shape index (κ2) is 5.21. The maximum atomic E-state index is 11.0. The van der Waals surface area contributed by atoms with Crippen LogP contribution in [-0.2, 0) is 0 Å². The highest BCUT2D eigenvalue weighted by Crippen LogP contribution is 2.31. The van der Waals surface area contributed by atoms with Crippen LogP contribution in [0.5, 0.6) is 0 Å². The van der Waals surface area contributed by atoms with Gasteiger partial charge in [-0.3, -0.25) is 0 Å². The van der Waals surface area contributed by atoms with Crippen LogP contribution in [0.4, 0.5) is 0 Å². The Morgan fingerprint density at radius 2 is 2.12 bits per heavy atom. The number of carboxylic acid groups (broad SMARTS) is 1. The average molecular weight is 266 g/mol. The molecule has 3 nitrogen and oxygen atoms in total. The van der Waals surface area contributed by atoms with Crippen molar-refractivity contribution in [1.82, 2.24) is 4.98 Å². The lowest BCUT2D eigenvalue weighted by Crippen LogP contribution is -1.98. The van der Waals surface area contributed by atoms with Gasteiger partial charge in [-0.1, -0.05) is 29.4 Å². The zero-order valence-corrected chi connectivity index (χ0v) is 10.2. The van der Waals surface area contributed by atoms with Crippen LogP contribution in [0.2, 0.25) is 5.02 Å². The van der Waals surface area contributed by atoms with E-state index in [0.29, 0.717) is 9.92 Å². The van der Waals surface area contributed by atoms with Gasteiger partial charge in [0.15, 0.2) is 0 Å². The Morgan fingerprint density at radius 1 is 1.29 bits per heavy atom. The van der Waals surface area contributed by atoms with Crippen LogP contribution in [-0.4, -0.2) is 16.1 Å². The normalized spacial score (nSPS) is 10.2. The van der Waals surface area contributed by atoms with Crippen LogP contribution >= 0.6 is 23.4 Å². The smallest absolute Gasteiger partial charge is 0.336 e. The molecule has 0 aliphatic rings. The van der Waals surface area contributed by atoms with Crippen LogP contribution in [0.3, 0.4) is 0 Å². The second-order valence-electron chi connectivity index (χ2n) is 3.22. The number of pyridine rings is 1. The molecule has 0 amide bonds. The van der Waals surface area contributed by atoms with Crippen molar-refractivity contribution in [3.8, 4) is 0 Å². The lowest BCUT2D eigenvalue weighted by atomic mass is 10.2. The Balaban J connectivity index is 2.37. The van der Waals surface area contributed by atoms with Gasteiger partial charge in [0.05, 0.1) is 5.56 Å². The minimum Gasteiger partial charge on any atom is -0.478 e. The SMILES string of the molecule is O=C(O)c1ccc(Cl)cc1Sc1ccccn1. The van der Waals surface area contributed by atoms with Crippen molar-refractivity contribution in [3.63, 3.8) is 0 Å². The third-order valence-electron chi connectivity index (χ3n) is 2.03. The molecule has 2 rings (SSSR count). The molecule has 0 fully saturated rings. The first-order chi connectivity index (χ1) is 8.16. The summed E-state index contributed by atoms with van der Waals surface area (Å²) in [5, 5.41) is 10.3. The molecule has 1 N–H and O–H groups in total. The number of hydrogen-bond acceptors (Lipinski definition) is 3. The van der Waals surface area contributed by atoms with Crippen molar-refractivity contribution < 1.29 is 9.90 Å². The lowest BCUT2D eigenvalue weighted by Gasteiger charge is -2.05. The lowest BCUT2D eigenvalue weighted by molar-refractivity contribution is 0.0693. The molecule has 86 valence electrons. The van der Waals surface area contributed by atoms with Gasteiger partial charge < -0.3 is 5.11 Å². The molecule has 1 aromatic heterocycles. The molecule has 5 heteroatoms. The van der Waals surface area contributed by atoms with E-state index in [1.165, 1.54) is 17.8 Å². The van der Waals surface area contributed by atoms with Crippen molar-refractivity contribution in [2.75, 3.05) is 0 Å². The summed E-state index contributed by atoms with van der Waals surface area (Å²) in [6, 6.07) is 10.2. The predicted molar refractivity (Wildman–Crippen MR) is 66.8 cm³/mol. The van der Waals surface area contributed by atoms with E-state index >= 15 is 0 Å². The first kappa shape index (κ1) is 12.0. The number of rotatable bonds is 3. The molecule has 0 spiro atoms. The Labute approximate surface area is 107 Å². The zero-order chi connectivity index (χ0) is 12.3. The van der Waals surface area contributed by atoms with Gasteiger partial charge in [-0.05, 0) is 30.3 Å². The number of aromatic nitrogens is 1. The third kappa shape index (κ3) is 2.99. The van der Waals surface area contributed by atoms with Crippen LogP contribution in [0.1, 0.15) is 10.4 Å². The van der Waals surface area contributed by atoms with Gasteiger partial charge in [0.25, 0.3) is 0 Å². The molecule has 0 bridgehead atoms. The van der Waals surface area contributed by atoms with E-state index < -0.39 is 5.97 Å². The van der Waals surface area contributed by atoms with Gasteiger partial charge in [-0.25, -0.2) is 9.78 Å². The van der Waals surface area contributed by atoms with E-state index in [1.807, 2.05) is 12.1 Å². The van der Waals surface area contributed by atoms with Gasteiger partial charge in [0, 0.05) is 16.1 Å². The molecular weight excluding hydrogens is 258 g/mol. The molecule has 0 radical (unpaired) electrons. The summed E-state index contributed by atoms with van der Waals surface area (Å²) < 4.78 is 0. The molecule has 1 heterocycles. The summed E-state index contributed by atoms with van der Waals surface area (Å²) in [6.07, 6.45) is 1.66. The summed E-state index contributed by atoms with van der Waals surface area (Å²) in [5.41, 5.74) is 0.227.